The van der Waals surface area contributed by atoms with E-state index >= 15 is 0 Å². The Balaban J connectivity index is 1.55. The second-order valence-corrected chi connectivity index (χ2v) is 7.54. The molecule has 0 spiro atoms. The van der Waals surface area contributed by atoms with Crippen molar-refractivity contribution in [2.75, 3.05) is 19.6 Å². The third-order valence-corrected chi connectivity index (χ3v) is 5.71. The van der Waals surface area contributed by atoms with Gasteiger partial charge in [0.15, 0.2) is 5.96 Å². The van der Waals surface area contributed by atoms with Crippen molar-refractivity contribution < 1.29 is 0 Å². The quantitative estimate of drug-likeness (QED) is 0.559. The third kappa shape index (κ3) is 3.61. The number of aryl methyl sites for hydroxylation is 1. The Morgan fingerprint density at radius 1 is 1.32 bits per heavy atom. The SMILES string of the molecule is CCNC(=NCc1nc2ccccc2n1C)N1CCC(C)C(n2ccnc2)C1. The Morgan fingerprint density at radius 3 is 2.93 bits per heavy atom. The van der Waals surface area contributed by atoms with Crippen LogP contribution >= 0.6 is 0 Å². The molecule has 1 aliphatic rings. The molecule has 1 saturated heterocycles. The molecule has 1 fully saturated rings. The van der Waals surface area contributed by atoms with Gasteiger partial charge in [-0.25, -0.2) is 15.0 Å². The lowest BCUT2D eigenvalue weighted by Gasteiger charge is -2.39. The van der Waals surface area contributed by atoms with Gasteiger partial charge in [-0.15, -0.1) is 0 Å². The van der Waals surface area contributed by atoms with Gasteiger partial charge >= 0.3 is 0 Å². The predicted octanol–water partition coefficient (Wildman–Crippen LogP) is 2.82. The number of imidazole rings is 2. The lowest BCUT2D eigenvalue weighted by molar-refractivity contribution is 0.189. The molecule has 4 rings (SSSR count). The van der Waals surface area contributed by atoms with E-state index in [0.717, 1.165) is 48.9 Å². The van der Waals surface area contributed by atoms with Crippen molar-refractivity contribution in [2.45, 2.75) is 32.9 Å². The van der Waals surface area contributed by atoms with Gasteiger partial charge in [0.25, 0.3) is 0 Å². The zero-order valence-corrected chi connectivity index (χ0v) is 16.9. The number of rotatable bonds is 4. The van der Waals surface area contributed by atoms with E-state index in [4.69, 9.17) is 9.98 Å². The maximum atomic E-state index is 4.93. The zero-order chi connectivity index (χ0) is 19.5. The summed E-state index contributed by atoms with van der Waals surface area (Å²) in [5.74, 6) is 2.56. The van der Waals surface area contributed by atoms with Crippen molar-refractivity contribution in [1.29, 1.82) is 0 Å². The predicted molar refractivity (Wildman–Crippen MR) is 112 cm³/mol. The Bertz CT molecular complexity index is 941. The highest BCUT2D eigenvalue weighted by Gasteiger charge is 2.28. The van der Waals surface area contributed by atoms with Crippen LogP contribution in [-0.4, -0.2) is 49.6 Å². The summed E-state index contributed by atoms with van der Waals surface area (Å²) < 4.78 is 4.36. The molecule has 0 aliphatic carbocycles. The highest BCUT2D eigenvalue weighted by molar-refractivity contribution is 5.80. The van der Waals surface area contributed by atoms with Crippen LogP contribution in [0, 0.1) is 5.92 Å². The number of aliphatic imine (C=N–C) groups is 1. The largest absolute Gasteiger partial charge is 0.357 e. The summed E-state index contributed by atoms with van der Waals surface area (Å²) in [7, 11) is 2.06. The van der Waals surface area contributed by atoms with Crippen molar-refractivity contribution >= 4 is 17.0 Å². The molecule has 28 heavy (non-hydrogen) atoms. The van der Waals surface area contributed by atoms with Crippen LogP contribution in [0.4, 0.5) is 0 Å². The molecule has 3 heterocycles. The van der Waals surface area contributed by atoms with Crippen molar-refractivity contribution in [2.24, 2.45) is 18.0 Å². The zero-order valence-electron chi connectivity index (χ0n) is 16.9. The molecule has 3 aromatic rings. The summed E-state index contributed by atoms with van der Waals surface area (Å²) in [5.41, 5.74) is 2.16. The van der Waals surface area contributed by atoms with Crippen molar-refractivity contribution in [3.05, 3.63) is 48.8 Å². The molecule has 7 heteroatoms. The molecule has 1 aromatic carbocycles. The van der Waals surface area contributed by atoms with Crippen LogP contribution < -0.4 is 5.32 Å². The smallest absolute Gasteiger partial charge is 0.194 e. The van der Waals surface area contributed by atoms with E-state index in [0.29, 0.717) is 18.5 Å². The molecule has 0 radical (unpaired) electrons. The Labute approximate surface area is 166 Å². The fraction of sp³-hybridized carbons (Fsp3) is 0.476. The van der Waals surface area contributed by atoms with Gasteiger partial charge in [-0.05, 0) is 31.4 Å². The van der Waals surface area contributed by atoms with Crippen molar-refractivity contribution in [3.8, 4) is 0 Å². The van der Waals surface area contributed by atoms with Crippen molar-refractivity contribution in [3.63, 3.8) is 0 Å². The van der Waals surface area contributed by atoms with Crippen molar-refractivity contribution in [1.82, 2.24) is 29.3 Å². The first-order chi connectivity index (χ1) is 13.7. The Kier molecular flexibility index (Phi) is 5.32. The average Bonchev–Trinajstić information content (AvgIpc) is 3.35. The minimum absolute atomic E-state index is 0.413. The first-order valence-electron chi connectivity index (χ1n) is 10.1. The molecule has 0 amide bonds. The Morgan fingerprint density at radius 2 is 2.18 bits per heavy atom. The van der Waals surface area contributed by atoms with Gasteiger partial charge in [0, 0.05) is 39.1 Å². The Hall–Kier alpha value is -2.83. The maximum Gasteiger partial charge on any atom is 0.194 e. The van der Waals surface area contributed by atoms with Gasteiger partial charge < -0.3 is 19.4 Å². The van der Waals surface area contributed by atoms with E-state index in [9.17, 15) is 0 Å². The summed E-state index contributed by atoms with van der Waals surface area (Å²) in [6.07, 6.45) is 6.98. The van der Waals surface area contributed by atoms with E-state index < -0.39 is 0 Å². The fourth-order valence-corrected chi connectivity index (χ4v) is 4.00. The molecule has 0 bridgehead atoms. The maximum absolute atomic E-state index is 4.93. The lowest BCUT2D eigenvalue weighted by atomic mass is 9.93. The number of likely N-dealkylation sites (tertiary alicyclic amines) is 1. The monoisotopic (exact) mass is 379 g/mol. The van der Waals surface area contributed by atoms with E-state index in [1.165, 1.54) is 0 Å². The molecule has 1 N–H and O–H groups in total. The number of aromatic nitrogens is 4. The molecule has 0 saturated carbocycles. The summed E-state index contributed by atoms with van der Waals surface area (Å²) >= 11 is 0. The number of para-hydroxylation sites is 2. The minimum Gasteiger partial charge on any atom is -0.357 e. The first kappa shape index (κ1) is 18.5. The number of nitrogens with zero attached hydrogens (tertiary/aromatic N) is 6. The first-order valence-corrected chi connectivity index (χ1v) is 10.1. The summed E-state index contributed by atoms with van der Waals surface area (Å²) in [6.45, 7) is 7.81. The average molecular weight is 380 g/mol. The number of hydrogen-bond donors (Lipinski definition) is 1. The molecule has 7 nitrogen and oxygen atoms in total. The normalized spacial score (nSPS) is 20.7. The summed E-state index contributed by atoms with van der Waals surface area (Å²) in [6, 6.07) is 8.64. The number of benzene rings is 1. The van der Waals surface area contributed by atoms with Crippen LogP contribution in [0.3, 0.4) is 0 Å². The number of fused-ring (bicyclic) bond motifs is 1. The molecule has 2 atom stereocenters. The molecular formula is C21H29N7. The number of nitrogens with one attached hydrogen (secondary N) is 1. The van der Waals surface area contributed by atoms with Crippen LogP contribution in [0.5, 0.6) is 0 Å². The molecule has 148 valence electrons. The molecule has 2 unspecified atom stereocenters. The van der Waals surface area contributed by atoms with Crippen LogP contribution in [0.15, 0.2) is 48.0 Å². The second kappa shape index (κ2) is 8.04. The van der Waals surface area contributed by atoms with Crippen LogP contribution in [0.2, 0.25) is 0 Å². The standard InChI is InChI=1S/C21H29N7/c1-4-23-21(24-13-20-25-17-7-5-6-8-18(17)26(20)3)27-11-9-16(2)19(14-27)28-12-10-22-15-28/h5-8,10,12,15-16,19H,4,9,11,13-14H2,1-3H3,(H,23,24). The summed E-state index contributed by atoms with van der Waals surface area (Å²) in [4.78, 5) is 16.3. The number of hydrogen-bond acceptors (Lipinski definition) is 3. The van der Waals surface area contributed by atoms with E-state index in [-0.39, 0.29) is 0 Å². The van der Waals surface area contributed by atoms with Crippen LogP contribution in [0.25, 0.3) is 11.0 Å². The van der Waals surface area contributed by atoms with Gasteiger partial charge in [0.2, 0.25) is 0 Å². The van der Waals surface area contributed by atoms with Gasteiger partial charge in [0.1, 0.15) is 12.4 Å². The highest BCUT2D eigenvalue weighted by Crippen LogP contribution is 2.27. The van der Waals surface area contributed by atoms with Gasteiger partial charge in [-0.1, -0.05) is 19.1 Å². The highest BCUT2D eigenvalue weighted by atomic mass is 15.3. The van der Waals surface area contributed by atoms with Crippen LogP contribution in [-0.2, 0) is 13.6 Å². The summed E-state index contributed by atoms with van der Waals surface area (Å²) in [5, 5.41) is 3.47. The van der Waals surface area contributed by atoms with Gasteiger partial charge in [-0.3, -0.25) is 0 Å². The van der Waals surface area contributed by atoms with E-state index in [2.05, 4.69) is 63.6 Å². The molecule has 2 aromatic heterocycles. The topological polar surface area (TPSA) is 63.3 Å². The lowest BCUT2D eigenvalue weighted by Crippen LogP contribution is -2.49. The third-order valence-electron chi connectivity index (χ3n) is 5.71. The van der Waals surface area contributed by atoms with E-state index in [1.54, 1.807) is 0 Å². The van der Waals surface area contributed by atoms with Crippen LogP contribution in [0.1, 0.15) is 32.1 Å². The molecule has 1 aliphatic heterocycles. The number of guanidine groups is 1. The second-order valence-electron chi connectivity index (χ2n) is 7.54. The van der Waals surface area contributed by atoms with Gasteiger partial charge in [-0.2, -0.15) is 0 Å². The van der Waals surface area contributed by atoms with Gasteiger partial charge in [0.05, 0.1) is 23.4 Å². The minimum atomic E-state index is 0.413. The molecular weight excluding hydrogens is 350 g/mol. The van der Waals surface area contributed by atoms with E-state index in [1.807, 2.05) is 24.7 Å². The number of piperidine rings is 1. The fourth-order valence-electron chi connectivity index (χ4n) is 4.00.